The van der Waals surface area contributed by atoms with Crippen LogP contribution in [0.4, 0.5) is 4.39 Å². The molecule has 0 aromatic rings. The molecule has 5 atom stereocenters. The second-order valence-electron chi connectivity index (χ2n) is 8.56. The number of fused-ring (bicyclic) bond motifs is 5. The van der Waals surface area contributed by atoms with E-state index in [9.17, 15) is 14.0 Å². The Hall–Kier alpha value is -0.990. The number of carbonyl (C=O) groups excluding carboxylic acids is 2. The van der Waals surface area contributed by atoms with Gasteiger partial charge < -0.3 is 0 Å². The summed E-state index contributed by atoms with van der Waals surface area (Å²) in [5, 5.41) is 0. The maximum absolute atomic E-state index is 13.4. The molecular weight excluding hydrogens is 291 g/mol. The lowest BCUT2D eigenvalue weighted by Gasteiger charge is -2.58. The Labute approximate surface area is 137 Å². The molecule has 23 heavy (non-hydrogen) atoms. The van der Waals surface area contributed by atoms with E-state index < -0.39 is 0 Å². The normalized spacial score (nSPS) is 46.0. The zero-order valence-corrected chi connectivity index (χ0v) is 14.1. The third-order valence-electron chi connectivity index (χ3n) is 7.94. The molecule has 0 amide bonds. The fourth-order valence-corrected chi connectivity index (χ4v) is 6.77. The van der Waals surface area contributed by atoms with E-state index in [-0.39, 0.29) is 23.3 Å². The second-order valence-corrected chi connectivity index (χ2v) is 8.56. The van der Waals surface area contributed by atoms with Gasteiger partial charge in [0.05, 0.1) is 6.67 Å². The molecule has 0 saturated heterocycles. The summed E-state index contributed by atoms with van der Waals surface area (Å²) in [6.45, 7) is 1.89. The van der Waals surface area contributed by atoms with Crippen molar-refractivity contribution in [3.05, 3.63) is 11.6 Å². The molecular formula is C20H27FO2. The summed E-state index contributed by atoms with van der Waals surface area (Å²) in [6, 6.07) is 0. The average Bonchev–Trinajstić information content (AvgIpc) is 2.84. The number of Topliss-reactive ketones (excluding diaryl/α,β-unsaturated/α-hetero) is 1. The molecule has 0 radical (unpaired) electrons. The van der Waals surface area contributed by atoms with E-state index in [1.54, 1.807) is 0 Å². The van der Waals surface area contributed by atoms with Gasteiger partial charge in [-0.2, -0.15) is 0 Å². The number of ketones is 2. The lowest BCUT2D eigenvalue weighted by molar-refractivity contribution is -0.133. The van der Waals surface area contributed by atoms with Gasteiger partial charge in [-0.1, -0.05) is 12.5 Å². The van der Waals surface area contributed by atoms with Crippen molar-refractivity contribution in [3.63, 3.8) is 0 Å². The molecule has 4 aliphatic carbocycles. The summed E-state index contributed by atoms with van der Waals surface area (Å²) >= 11 is 0. The SMILES string of the molecule is C[C@]12CC[C@H]3[C@@H](CCC4=CC(=O)CC[C@@]43CCF)[C@@H]1CCC2=O. The first kappa shape index (κ1) is 15.5. The molecule has 3 saturated carbocycles. The summed E-state index contributed by atoms with van der Waals surface area (Å²) in [4.78, 5) is 24.3. The molecule has 0 N–H and O–H groups in total. The molecule has 126 valence electrons. The van der Waals surface area contributed by atoms with Gasteiger partial charge in [-0.25, -0.2) is 0 Å². The van der Waals surface area contributed by atoms with E-state index in [2.05, 4.69) is 6.92 Å². The Bertz CT molecular complexity index is 580. The highest BCUT2D eigenvalue weighted by Crippen LogP contribution is 2.65. The molecule has 0 unspecified atom stereocenters. The molecule has 0 aromatic heterocycles. The first-order chi connectivity index (χ1) is 11.0. The Kier molecular flexibility index (Phi) is 3.55. The average molecular weight is 318 g/mol. The summed E-state index contributed by atoms with van der Waals surface area (Å²) in [7, 11) is 0. The number of alkyl halides is 1. The van der Waals surface area contributed by atoms with Crippen LogP contribution in [0, 0.1) is 28.6 Å². The van der Waals surface area contributed by atoms with Crippen LogP contribution >= 0.6 is 0 Å². The van der Waals surface area contributed by atoms with E-state index in [0.29, 0.717) is 36.4 Å². The van der Waals surface area contributed by atoms with Crippen molar-refractivity contribution in [2.75, 3.05) is 6.67 Å². The van der Waals surface area contributed by atoms with Crippen molar-refractivity contribution in [1.29, 1.82) is 0 Å². The van der Waals surface area contributed by atoms with Crippen molar-refractivity contribution in [3.8, 4) is 0 Å². The summed E-state index contributed by atoms with van der Waals surface area (Å²) in [6.07, 6.45) is 9.63. The molecule has 0 aromatic carbocycles. The van der Waals surface area contributed by atoms with Crippen molar-refractivity contribution in [1.82, 2.24) is 0 Å². The maximum Gasteiger partial charge on any atom is 0.155 e. The lowest BCUT2D eigenvalue weighted by atomic mass is 9.46. The van der Waals surface area contributed by atoms with Crippen LogP contribution in [0.3, 0.4) is 0 Å². The first-order valence-corrected chi connectivity index (χ1v) is 9.34. The predicted molar refractivity (Wildman–Crippen MR) is 86.6 cm³/mol. The van der Waals surface area contributed by atoms with Gasteiger partial charge in [0.2, 0.25) is 0 Å². The highest BCUT2D eigenvalue weighted by atomic mass is 19.1. The number of halogens is 1. The highest BCUT2D eigenvalue weighted by Gasteiger charge is 2.59. The van der Waals surface area contributed by atoms with Crippen molar-refractivity contribution in [2.24, 2.45) is 28.6 Å². The minimum absolute atomic E-state index is 0.0848. The van der Waals surface area contributed by atoms with Crippen LogP contribution in [0.2, 0.25) is 0 Å². The third kappa shape index (κ3) is 2.04. The fourth-order valence-electron chi connectivity index (χ4n) is 6.77. The van der Waals surface area contributed by atoms with Crippen LogP contribution in [0.15, 0.2) is 11.6 Å². The van der Waals surface area contributed by atoms with E-state index in [4.69, 9.17) is 0 Å². The Morgan fingerprint density at radius 1 is 1.09 bits per heavy atom. The monoisotopic (exact) mass is 318 g/mol. The van der Waals surface area contributed by atoms with Crippen LogP contribution in [0.25, 0.3) is 0 Å². The van der Waals surface area contributed by atoms with Gasteiger partial charge in [-0.3, -0.25) is 14.0 Å². The van der Waals surface area contributed by atoms with E-state index in [1.807, 2.05) is 6.08 Å². The van der Waals surface area contributed by atoms with Crippen molar-refractivity contribution in [2.45, 2.75) is 64.7 Å². The van der Waals surface area contributed by atoms with Crippen LogP contribution in [-0.2, 0) is 9.59 Å². The predicted octanol–water partition coefficient (Wildman–Crippen LogP) is 4.43. The van der Waals surface area contributed by atoms with Gasteiger partial charge in [-0.15, -0.1) is 0 Å². The Morgan fingerprint density at radius 2 is 1.91 bits per heavy atom. The third-order valence-corrected chi connectivity index (χ3v) is 7.94. The number of carbonyl (C=O) groups is 2. The Balaban J connectivity index is 1.72. The molecule has 2 nitrogen and oxygen atoms in total. The van der Waals surface area contributed by atoms with Gasteiger partial charge in [0.1, 0.15) is 5.78 Å². The lowest BCUT2D eigenvalue weighted by Crippen LogP contribution is -2.51. The fraction of sp³-hybridized carbons (Fsp3) is 0.800. The maximum atomic E-state index is 13.4. The number of hydrogen-bond acceptors (Lipinski definition) is 2. The van der Waals surface area contributed by atoms with Gasteiger partial charge in [0.25, 0.3) is 0 Å². The van der Waals surface area contributed by atoms with E-state index >= 15 is 0 Å². The highest BCUT2D eigenvalue weighted by molar-refractivity contribution is 5.91. The number of allylic oxidation sites excluding steroid dienone is 1. The molecule has 0 spiro atoms. The summed E-state index contributed by atoms with van der Waals surface area (Å²) < 4.78 is 13.4. The molecule has 0 heterocycles. The van der Waals surface area contributed by atoms with Gasteiger partial charge >= 0.3 is 0 Å². The van der Waals surface area contributed by atoms with Crippen LogP contribution in [0.1, 0.15) is 64.7 Å². The molecule has 3 heteroatoms. The van der Waals surface area contributed by atoms with Crippen molar-refractivity contribution >= 4 is 11.6 Å². The van der Waals surface area contributed by atoms with Crippen molar-refractivity contribution < 1.29 is 14.0 Å². The minimum atomic E-state index is -0.296. The number of hydrogen-bond donors (Lipinski definition) is 0. The first-order valence-electron chi connectivity index (χ1n) is 9.34. The van der Waals surface area contributed by atoms with Crippen LogP contribution in [-0.4, -0.2) is 18.2 Å². The van der Waals surface area contributed by atoms with Crippen LogP contribution < -0.4 is 0 Å². The topological polar surface area (TPSA) is 34.1 Å². The molecule has 4 rings (SSSR count). The summed E-state index contributed by atoms with van der Waals surface area (Å²) in [5.41, 5.74) is 1.03. The standard InChI is InChI=1S/C20H27FO2/c1-19-8-7-17-15(16(19)4-5-18(19)23)3-2-13-12-14(22)6-9-20(13,17)10-11-21/h12,15-17H,2-11H2,1H3/t15-,16-,17-,19-,20+/m0/s1. The number of rotatable bonds is 2. The largest absolute Gasteiger partial charge is 0.299 e. The van der Waals surface area contributed by atoms with Gasteiger partial charge in [0.15, 0.2) is 5.78 Å². The smallest absolute Gasteiger partial charge is 0.155 e. The minimum Gasteiger partial charge on any atom is -0.299 e. The quantitative estimate of drug-likeness (QED) is 0.755. The summed E-state index contributed by atoms with van der Waals surface area (Å²) in [5.74, 6) is 2.21. The molecule has 4 aliphatic rings. The van der Waals surface area contributed by atoms with Gasteiger partial charge in [0, 0.05) is 18.3 Å². The van der Waals surface area contributed by atoms with Gasteiger partial charge in [-0.05, 0) is 74.2 Å². The Morgan fingerprint density at radius 3 is 2.70 bits per heavy atom. The zero-order chi connectivity index (χ0) is 16.2. The molecule has 0 bridgehead atoms. The van der Waals surface area contributed by atoms with E-state index in [0.717, 1.165) is 44.9 Å². The molecule has 3 fully saturated rings. The zero-order valence-electron chi connectivity index (χ0n) is 14.1. The second kappa shape index (κ2) is 5.26. The molecule has 0 aliphatic heterocycles. The van der Waals surface area contributed by atoms with Crippen LogP contribution in [0.5, 0.6) is 0 Å². The van der Waals surface area contributed by atoms with E-state index in [1.165, 1.54) is 5.57 Å².